The van der Waals surface area contributed by atoms with Crippen molar-refractivity contribution in [2.75, 3.05) is 6.61 Å². The van der Waals surface area contributed by atoms with Crippen molar-refractivity contribution in [1.82, 2.24) is 0 Å². The minimum absolute atomic E-state index is 0.787. The van der Waals surface area contributed by atoms with E-state index in [2.05, 4.69) is 10.7 Å². The molecule has 2 heterocycles. The summed E-state index contributed by atoms with van der Waals surface area (Å²) in [6.45, 7) is 4.79. The van der Waals surface area contributed by atoms with Crippen LogP contribution in [0.3, 0.4) is 0 Å². The van der Waals surface area contributed by atoms with Crippen LogP contribution in [0.4, 0.5) is 0 Å². The zero-order chi connectivity index (χ0) is 8.81. The number of aliphatic imine (C=N–C) groups is 1. The van der Waals surface area contributed by atoms with E-state index in [0.29, 0.717) is 0 Å². The van der Waals surface area contributed by atoms with Crippen LogP contribution in [0.1, 0.15) is 20.3 Å². The van der Waals surface area contributed by atoms with Crippen LogP contribution in [0.25, 0.3) is 0 Å². The molecule has 12 heavy (non-hydrogen) atoms. The Labute approximate surface area is 73.0 Å². The summed E-state index contributed by atoms with van der Waals surface area (Å²) in [5.74, 6) is 0.904. The molecule has 0 aromatic carbocycles. The van der Waals surface area contributed by atoms with Gasteiger partial charge < -0.3 is 4.74 Å². The van der Waals surface area contributed by atoms with E-state index in [1.165, 1.54) is 5.57 Å². The van der Waals surface area contributed by atoms with Crippen molar-refractivity contribution in [1.29, 1.82) is 0 Å². The summed E-state index contributed by atoms with van der Waals surface area (Å²) in [5.41, 5.74) is 4.14. The molecule has 0 fully saturated rings. The largest absolute Gasteiger partial charge is 0.491 e. The van der Waals surface area contributed by atoms with Crippen molar-refractivity contribution >= 4 is 6.21 Å². The van der Waals surface area contributed by atoms with Gasteiger partial charge in [-0.2, -0.15) is 0 Å². The molecule has 2 aliphatic heterocycles. The SMILES string of the molecule is C1=CN=CC2=C(C=1)CCO2.CC. The summed E-state index contributed by atoms with van der Waals surface area (Å²) in [4.78, 5) is 3.94. The lowest BCUT2D eigenvalue weighted by atomic mass is 10.2. The highest BCUT2D eigenvalue weighted by Gasteiger charge is 2.11. The van der Waals surface area contributed by atoms with E-state index in [9.17, 15) is 0 Å². The summed E-state index contributed by atoms with van der Waals surface area (Å²) in [7, 11) is 0. The molecule has 0 atom stereocenters. The van der Waals surface area contributed by atoms with Crippen LogP contribution in [0.2, 0.25) is 0 Å². The first kappa shape index (κ1) is 8.82. The number of hydrogen-bond donors (Lipinski definition) is 0. The van der Waals surface area contributed by atoms with Gasteiger partial charge in [0.1, 0.15) is 5.76 Å². The van der Waals surface area contributed by atoms with Gasteiger partial charge in [0.05, 0.1) is 19.0 Å². The summed E-state index contributed by atoms with van der Waals surface area (Å²) in [6.07, 6.45) is 6.29. The van der Waals surface area contributed by atoms with Crippen molar-refractivity contribution in [2.45, 2.75) is 20.3 Å². The highest BCUT2D eigenvalue weighted by molar-refractivity contribution is 5.79. The monoisotopic (exact) mass is 163 g/mol. The molecule has 0 N–H and O–H groups in total. The van der Waals surface area contributed by atoms with Crippen molar-refractivity contribution in [2.24, 2.45) is 4.99 Å². The Bertz CT molecular complexity index is 268. The second kappa shape index (κ2) is 4.58. The molecular formula is C10H13NO. The molecule has 0 bridgehead atoms. The number of ether oxygens (including phenoxy) is 1. The molecular weight excluding hydrogens is 150 g/mol. The zero-order valence-electron chi connectivity index (χ0n) is 7.50. The second-order valence-corrected chi connectivity index (χ2v) is 2.21. The Morgan fingerprint density at radius 1 is 1.50 bits per heavy atom. The van der Waals surface area contributed by atoms with Crippen molar-refractivity contribution in [3.05, 3.63) is 29.3 Å². The Balaban J connectivity index is 0.000000336. The highest BCUT2D eigenvalue weighted by Crippen LogP contribution is 2.19. The quantitative estimate of drug-likeness (QED) is 0.502. The molecule has 0 aromatic heterocycles. The van der Waals surface area contributed by atoms with Crippen LogP contribution < -0.4 is 0 Å². The van der Waals surface area contributed by atoms with Gasteiger partial charge in [-0.3, -0.25) is 4.99 Å². The molecule has 2 rings (SSSR count). The lowest BCUT2D eigenvalue weighted by molar-refractivity contribution is 0.265. The standard InChI is InChI=1S/C8H7NO.C2H6/c1-2-7-3-5-10-8(7)6-9-4-1;1-2/h2,4,6H,3,5H2;1-2H3. The third-order valence-corrected chi connectivity index (χ3v) is 1.54. The fourth-order valence-corrected chi connectivity index (χ4v) is 1.04. The number of rotatable bonds is 0. The normalized spacial score (nSPS) is 17.8. The summed E-state index contributed by atoms with van der Waals surface area (Å²) >= 11 is 0. The third-order valence-electron chi connectivity index (χ3n) is 1.54. The van der Waals surface area contributed by atoms with Gasteiger partial charge in [-0.15, -0.1) is 5.73 Å². The Morgan fingerprint density at radius 2 is 2.33 bits per heavy atom. The maximum atomic E-state index is 5.28. The smallest absolute Gasteiger partial charge is 0.141 e. The fourth-order valence-electron chi connectivity index (χ4n) is 1.04. The van der Waals surface area contributed by atoms with Gasteiger partial charge in [-0.05, 0) is 6.08 Å². The van der Waals surface area contributed by atoms with Crippen LogP contribution in [-0.4, -0.2) is 12.8 Å². The molecule has 64 valence electrons. The Hall–Kier alpha value is -1.27. The first-order valence-electron chi connectivity index (χ1n) is 4.27. The lowest BCUT2D eigenvalue weighted by Crippen LogP contribution is -1.84. The number of nitrogens with zero attached hydrogens (tertiary/aromatic N) is 1. The van der Waals surface area contributed by atoms with Gasteiger partial charge in [0.15, 0.2) is 0 Å². The second-order valence-electron chi connectivity index (χ2n) is 2.21. The molecule has 0 unspecified atom stereocenters. The Kier molecular flexibility index (Phi) is 3.36. The van der Waals surface area contributed by atoms with Gasteiger partial charge in [0.25, 0.3) is 0 Å². The topological polar surface area (TPSA) is 21.6 Å². The van der Waals surface area contributed by atoms with Gasteiger partial charge in [0, 0.05) is 12.0 Å². The summed E-state index contributed by atoms with van der Waals surface area (Å²) in [6, 6.07) is 0. The molecule has 0 radical (unpaired) electrons. The average Bonchev–Trinajstić information content (AvgIpc) is 2.46. The lowest BCUT2D eigenvalue weighted by Gasteiger charge is -1.92. The number of allylic oxidation sites excluding steroid dienone is 2. The van der Waals surface area contributed by atoms with Crippen molar-refractivity contribution in [3.8, 4) is 0 Å². The zero-order valence-corrected chi connectivity index (χ0v) is 7.50. The maximum Gasteiger partial charge on any atom is 0.141 e. The predicted octanol–water partition coefficient (Wildman–Crippen LogP) is 2.44. The molecule has 0 aromatic rings. The average molecular weight is 163 g/mol. The van der Waals surface area contributed by atoms with E-state index < -0.39 is 0 Å². The first-order valence-corrected chi connectivity index (χ1v) is 4.27. The minimum atomic E-state index is 0.787. The van der Waals surface area contributed by atoms with Gasteiger partial charge in [-0.1, -0.05) is 13.8 Å². The van der Waals surface area contributed by atoms with Crippen molar-refractivity contribution in [3.63, 3.8) is 0 Å². The van der Waals surface area contributed by atoms with Crippen LogP contribution in [0, 0.1) is 0 Å². The summed E-state index contributed by atoms with van der Waals surface area (Å²) < 4.78 is 5.28. The molecule has 2 nitrogen and oxygen atoms in total. The molecule has 0 spiro atoms. The van der Waals surface area contributed by atoms with E-state index >= 15 is 0 Å². The minimum Gasteiger partial charge on any atom is -0.491 e. The van der Waals surface area contributed by atoms with Crippen LogP contribution in [0.15, 0.2) is 34.3 Å². The molecule has 0 saturated carbocycles. The third kappa shape index (κ3) is 1.86. The van der Waals surface area contributed by atoms with Crippen molar-refractivity contribution < 1.29 is 4.74 Å². The summed E-state index contributed by atoms with van der Waals surface area (Å²) in [5, 5.41) is 0. The fraction of sp³-hybridized carbons (Fsp3) is 0.400. The van der Waals surface area contributed by atoms with E-state index in [-0.39, 0.29) is 0 Å². The van der Waals surface area contributed by atoms with E-state index in [1.54, 1.807) is 12.4 Å². The van der Waals surface area contributed by atoms with Gasteiger partial charge in [-0.25, -0.2) is 0 Å². The predicted molar refractivity (Wildman–Crippen MR) is 50.1 cm³/mol. The van der Waals surface area contributed by atoms with Gasteiger partial charge >= 0.3 is 0 Å². The molecule has 2 heteroatoms. The van der Waals surface area contributed by atoms with Crippen LogP contribution in [0.5, 0.6) is 0 Å². The first-order chi connectivity index (χ1) is 5.97. The molecule has 2 aliphatic rings. The molecule has 0 aliphatic carbocycles. The van der Waals surface area contributed by atoms with E-state index in [1.807, 2.05) is 19.9 Å². The van der Waals surface area contributed by atoms with E-state index in [4.69, 9.17) is 4.74 Å². The Morgan fingerprint density at radius 3 is 3.17 bits per heavy atom. The number of hydrogen-bond acceptors (Lipinski definition) is 2. The molecule has 0 saturated heterocycles. The van der Waals surface area contributed by atoms with Gasteiger partial charge in [0.2, 0.25) is 0 Å². The molecule has 0 amide bonds. The van der Waals surface area contributed by atoms with Crippen LogP contribution in [-0.2, 0) is 4.74 Å². The maximum absolute atomic E-state index is 5.28. The van der Waals surface area contributed by atoms with Crippen LogP contribution >= 0.6 is 0 Å². The highest BCUT2D eigenvalue weighted by atomic mass is 16.5. The van der Waals surface area contributed by atoms with E-state index in [0.717, 1.165) is 18.8 Å².